The number of halogens is 2. The minimum atomic E-state index is -2.56. The first-order valence-corrected chi connectivity index (χ1v) is 10.1. The summed E-state index contributed by atoms with van der Waals surface area (Å²) < 4.78 is 39.5. The molecule has 7 nitrogen and oxygen atoms in total. The highest BCUT2D eigenvalue weighted by atomic mass is 19.3. The van der Waals surface area contributed by atoms with E-state index in [2.05, 4.69) is 10.4 Å². The van der Waals surface area contributed by atoms with E-state index in [1.165, 1.54) is 7.11 Å². The van der Waals surface area contributed by atoms with E-state index in [1.807, 2.05) is 37.4 Å². The Bertz CT molecular complexity index is 901. The van der Waals surface area contributed by atoms with E-state index in [-0.39, 0.29) is 31.1 Å². The molecule has 1 saturated heterocycles. The van der Waals surface area contributed by atoms with Crippen LogP contribution in [-0.2, 0) is 4.74 Å². The molecule has 1 aliphatic carbocycles. The molecule has 0 bridgehead atoms. The average molecular weight is 420 g/mol. The largest absolute Gasteiger partial charge is 0.487 e. The van der Waals surface area contributed by atoms with Crippen LogP contribution >= 0.6 is 0 Å². The van der Waals surface area contributed by atoms with Gasteiger partial charge in [0.05, 0.1) is 31.6 Å². The minimum Gasteiger partial charge on any atom is -0.487 e. The number of anilines is 1. The van der Waals surface area contributed by atoms with Crippen molar-refractivity contribution in [1.29, 1.82) is 0 Å². The van der Waals surface area contributed by atoms with Crippen molar-refractivity contribution in [3.8, 4) is 11.4 Å². The Balaban J connectivity index is 1.49. The van der Waals surface area contributed by atoms with Crippen LogP contribution in [0, 0.1) is 6.92 Å². The Morgan fingerprint density at radius 1 is 1.23 bits per heavy atom. The number of methoxy groups -OCH3 is 1. The van der Waals surface area contributed by atoms with Crippen LogP contribution in [0.25, 0.3) is 5.69 Å². The Morgan fingerprint density at radius 3 is 2.60 bits per heavy atom. The highest BCUT2D eigenvalue weighted by molar-refractivity contribution is 5.68. The third-order valence-corrected chi connectivity index (χ3v) is 5.55. The molecule has 4 rings (SSSR count). The van der Waals surface area contributed by atoms with Crippen LogP contribution in [0.1, 0.15) is 31.4 Å². The summed E-state index contributed by atoms with van der Waals surface area (Å²) in [6, 6.07) is 7.59. The van der Waals surface area contributed by atoms with Crippen molar-refractivity contribution in [3.05, 3.63) is 36.2 Å². The van der Waals surface area contributed by atoms with Crippen LogP contribution in [0.2, 0.25) is 0 Å². The summed E-state index contributed by atoms with van der Waals surface area (Å²) in [4.78, 5) is 13.1. The van der Waals surface area contributed by atoms with Crippen LogP contribution < -0.4 is 10.1 Å². The van der Waals surface area contributed by atoms with E-state index >= 15 is 0 Å². The van der Waals surface area contributed by atoms with E-state index in [1.54, 1.807) is 9.58 Å². The maximum atomic E-state index is 13.5. The van der Waals surface area contributed by atoms with Gasteiger partial charge in [-0.15, -0.1) is 0 Å². The lowest BCUT2D eigenvalue weighted by molar-refractivity contribution is -0.0360. The van der Waals surface area contributed by atoms with Crippen molar-refractivity contribution < 1.29 is 23.0 Å². The maximum Gasteiger partial charge on any atom is 0.409 e. The van der Waals surface area contributed by atoms with E-state index in [4.69, 9.17) is 9.47 Å². The molecule has 30 heavy (non-hydrogen) atoms. The lowest BCUT2D eigenvalue weighted by Crippen LogP contribution is -2.56. The van der Waals surface area contributed by atoms with Crippen molar-refractivity contribution in [2.75, 3.05) is 25.5 Å². The molecule has 1 N–H and O–H groups in total. The topological polar surface area (TPSA) is 68.6 Å². The molecule has 0 radical (unpaired) electrons. The van der Waals surface area contributed by atoms with Crippen LogP contribution in [0.3, 0.4) is 0 Å². The molecule has 0 atom stereocenters. The highest BCUT2D eigenvalue weighted by Crippen LogP contribution is 2.35. The molecule has 1 aromatic carbocycles. The van der Waals surface area contributed by atoms with Gasteiger partial charge in [0.1, 0.15) is 11.9 Å². The van der Waals surface area contributed by atoms with Crippen molar-refractivity contribution in [1.82, 2.24) is 14.7 Å². The van der Waals surface area contributed by atoms with Gasteiger partial charge in [0.25, 0.3) is 0 Å². The van der Waals surface area contributed by atoms with Gasteiger partial charge >= 0.3 is 6.09 Å². The first kappa shape index (κ1) is 20.4. The molecule has 0 spiro atoms. The monoisotopic (exact) mass is 420 g/mol. The summed E-state index contributed by atoms with van der Waals surface area (Å²) in [6.45, 7) is 2.82. The van der Waals surface area contributed by atoms with Crippen molar-refractivity contribution in [2.24, 2.45) is 0 Å². The lowest BCUT2D eigenvalue weighted by Gasteiger charge is -2.37. The first-order chi connectivity index (χ1) is 14.3. The number of carbonyl (C=O) groups is 1. The van der Waals surface area contributed by atoms with Gasteiger partial charge < -0.3 is 19.7 Å². The molecule has 9 heteroatoms. The van der Waals surface area contributed by atoms with E-state index in [0.29, 0.717) is 31.7 Å². The molecule has 1 saturated carbocycles. The summed E-state index contributed by atoms with van der Waals surface area (Å²) >= 11 is 0. The zero-order valence-corrected chi connectivity index (χ0v) is 17.1. The van der Waals surface area contributed by atoms with Gasteiger partial charge in [-0.25, -0.2) is 18.3 Å². The summed E-state index contributed by atoms with van der Waals surface area (Å²) in [5, 5.41) is 7.84. The average Bonchev–Trinajstić information content (AvgIpc) is 3.12. The Morgan fingerprint density at radius 2 is 1.97 bits per heavy atom. The van der Waals surface area contributed by atoms with Gasteiger partial charge in [0, 0.05) is 42.9 Å². The number of alkyl halides is 2. The third kappa shape index (κ3) is 4.66. The number of aromatic nitrogens is 2. The zero-order valence-electron chi connectivity index (χ0n) is 17.1. The normalized spacial score (nSPS) is 19.3. The molecule has 2 fully saturated rings. The fourth-order valence-corrected chi connectivity index (χ4v) is 3.83. The summed E-state index contributed by atoms with van der Waals surface area (Å²) in [5.74, 6) is -1.92. The second-order valence-electron chi connectivity index (χ2n) is 8.01. The second kappa shape index (κ2) is 8.12. The van der Waals surface area contributed by atoms with Gasteiger partial charge in [-0.3, -0.25) is 0 Å². The van der Waals surface area contributed by atoms with Crippen LogP contribution in [0.15, 0.2) is 30.5 Å². The molecule has 2 heterocycles. The molecule has 1 aromatic heterocycles. The number of rotatable bonds is 5. The number of carbonyl (C=O) groups excluding carboxylic acids is 1. The lowest BCUT2D eigenvalue weighted by atomic mass is 9.92. The number of nitrogens with zero attached hydrogens (tertiary/aromatic N) is 3. The Hall–Kier alpha value is -2.84. The number of hydrogen-bond donors (Lipinski definition) is 1. The number of nitrogens with one attached hydrogen (secondary N) is 1. The standard InChI is InChI=1S/C21H26F2N4O3/c1-14-5-8-27(25-14)17-9-16(24-15-3-6-21(22,23)7-4-15)10-18(11-17)30-19-12-26(13-19)20(28)29-2/h5,8-11,15,19,24H,3-4,6-7,12-13H2,1-2H3. The molecule has 1 aliphatic heterocycles. The predicted molar refractivity (Wildman–Crippen MR) is 108 cm³/mol. The second-order valence-corrected chi connectivity index (χ2v) is 8.01. The van der Waals surface area contributed by atoms with Crippen LogP contribution in [0.4, 0.5) is 19.3 Å². The molecule has 1 amide bonds. The zero-order chi connectivity index (χ0) is 21.3. The van der Waals surface area contributed by atoms with E-state index in [0.717, 1.165) is 17.1 Å². The van der Waals surface area contributed by atoms with Gasteiger partial charge in [0.2, 0.25) is 5.92 Å². The van der Waals surface area contributed by atoms with Crippen molar-refractivity contribution >= 4 is 11.8 Å². The summed E-state index contributed by atoms with van der Waals surface area (Å²) in [7, 11) is 1.35. The number of ether oxygens (including phenoxy) is 2. The Labute approximate surface area is 173 Å². The predicted octanol–water partition coefficient (Wildman–Crippen LogP) is 4.00. The van der Waals surface area contributed by atoms with Crippen molar-refractivity contribution in [3.63, 3.8) is 0 Å². The van der Waals surface area contributed by atoms with Crippen LogP contribution in [0.5, 0.6) is 5.75 Å². The number of amides is 1. The highest BCUT2D eigenvalue weighted by Gasteiger charge is 2.35. The fraction of sp³-hybridized carbons (Fsp3) is 0.524. The fourth-order valence-electron chi connectivity index (χ4n) is 3.83. The molecular weight excluding hydrogens is 394 g/mol. The van der Waals surface area contributed by atoms with E-state index < -0.39 is 5.92 Å². The smallest absolute Gasteiger partial charge is 0.409 e. The van der Waals surface area contributed by atoms with Crippen molar-refractivity contribution in [2.45, 2.75) is 50.7 Å². The first-order valence-electron chi connectivity index (χ1n) is 10.1. The molecule has 162 valence electrons. The van der Waals surface area contributed by atoms with Gasteiger partial charge in [-0.05, 0) is 31.9 Å². The number of likely N-dealkylation sites (tertiary alicyclic amines) is 1. The molecular formula is C21H26F2N4O3. The number of hydrogen-bond acceptors (Lipinski definition) is 5. The van der Waals surface area contributed by atoms with Gasteiger partial charge in [0.15, 0.2) is 0 Å². The van der Waals surface area contributed by atoms with Gasteiger partial charge in [-0.1, -0.05) is 0 Å². The SMILES string of the molecule is COC(=O)N1CC(Oc2cc(NC3CCC(F)(F)CC3)cc(-n3ccc(C)n3)c2)C1. The maximum absolute atomic E-state index is 13.5. The third-order valence-electron chi connectivity index (χ3n) is 5.55. The number of benzene rings is 1. The summed E-state index contributed by atoms with van der Waals surface area (Å²) in [5.41, 5.74) is 2.50. The van der Waals surface area contributed by atoms with E-state index in [9.17, 15) is 13.6 Å². The number of aryl methyl sites for hydroxylation is 1. The molecule has 2 aliphatic rings. The quantitative estimate of drug-likeness (QED) is 0.792. The minimum absolute atomic E-state index is 0.00870. The molecule has 2 aromatic rings. The van der Waals surface area contributed by atoms with Crippen LogP contribution in [-0.4, -0.2) is 59.0 Å². The Kier molecular flexibility index (Phi) is 5.53. The summed E-state index contributed by atoms with van der Waals surface area (Å²) in [6.07, 6.45) is 2.01. The molecule has 0 unspecified atom stereocenters. The van der Waals surface area contributed by atoms with Gasteiger partial charge in [-0.2, -0.15) is 5.10 Å².